The van der Waals surface area contributed by atoms with Gasteiger partial charge in [0.05, 0.1) is 12.6 Å². The van der Waals surface area contributed by atoms with Gasteiger partial charge in [-0.15, -0.1) is 12.3 Å². The second kappa shape index (κ2) is 7.31. The highest BCUT2D eigenvalue weighted by molar-refractivity contribution is 5.84. The molecule has 0 radical (unpaired) electrons. The highest BCUT2D eigenvalue weighted by Crippen LogP contribution is 2.37. The number of nitrogens with one attached hydrogen (secondary N) is 1. The zero-order chi connectivity index (χ0) is 17.7. The van der Waals surface area contributed by atoms with Crippen LogP contribution in [0.1, 0.15) is 31.2 Å². The average Bonchev–Trinajstić information content (AvgIpc) is 3.43. The summed E-state index contributed by atoms with van der Waals surface area (Å²) in [5.41, 5.74) is 1.28. The molecule has 2 aromatic rings. The standard InChI is InChI=1S/C19H20N4O2/c1-3-4-10-19(22-23-19)11-9-17(24)21-13-15-16(25-2)8-7-14-6-5-12-20-18(14)15/h1,5-8,12H,4,9-11,13H2,2H3,(H,21,24). The molecule has 0 saturated heterocycles. The van der Waals surface area contributed by atoms with Gasteiger partial charge in [0.1, 0.15) is 5.75 Å². The molecule has 1 aliphatic rings. The molecule has 0 aliphatic carbocycles. The van der Waals surface area contributed by atoms with Crippen molar-refractivity contribution >= 4 is 16.8 Å². The maximum Gasteiger partial charge on any atom is 0.220 e. The van der Waals surface area contributed by atoms with Crippen LogP contribution in [0.15, 0.2) is 40.7 Å². The molecule has 1 aromatic heterocycles. The van der Waals surface area contributed by atoms with E-state index in [0.717, 1.165) is 16.5 Å². The number of aromatic nitrogens is 1. The fourth-order valence-electron chi connectivity index (χ4n) is 2.81. The molecule has 2 heterocycles. The van der Waals surface area contributed by atoms with E-state index in [1.165, 1.54) is 0 Å². The predicted octanol–water partition coefficient (Wildman–Crippen LogP) is 3.22. The van der Waals surface area contributed by atoms with Gasteiger partial charge in [-0.3, -0.25) is 9.78 Å². The van der Waals surface area contributed by atoms with Crippen LogP contribution in [-0.4, -0.2) is 23.7 Å². The lowest BCUT2D eigenvalue weighted by molar-refractivity contribution is -0.121. The minimum Gasteiger partial charge on any atom is -0.496 e. The van der Waals surface area contributed by atoms with E-state index in [1.54, 1.807) is 13.3 Å². The smallest absolute Gasteiger partial charge is 0.220 e. The molecule has 0 unspecified atom stereocenters. The van der Waals surface area contributed by atoms with Crippen molar-refractivity contribution in [1.29, 1.82) is 0 Å². The number of methoxy groups -OCH3 is 1. The molecule has 0 bridgehead atoms. The summed E-state index contributed by atoms with van der Waals surface area (Å²) in [6.07, 6.45) is 9.28. The summed E-state index contributed by atoms with van der Waals surface area (Å²) in [6.45, 7) is 0.363. The number of fused-ring (bicyclic) bond motifs is 1. The van der Waals surface area contributed by atoms with E-state index < -0.39 is 5.66 Å². The van der Waals surface area contributed by atoms with E-state index in [-0.39, 0.29) is 5.91 Å². The Kier molecular flexibility index (Phi) is 4.94. The zero-order valence-electron chi connectivity index (χ0n) is 14.2. The van der Waals surface area contributed by atoms with Gasteiger partial charge in [-0.25, -0.2) is 0 Å². The van der Waals surface area contributed by atoms with E-state index in [2.05, 4.69) is 26.4 Å². The summed E-state index contributed by atoms with van der Waals surface area (Å²) in [7, 11) is 1.61. The molecule has 6 heteroatoms. The normalized spacial score (nSPS) is 14.1. The lowest BCUT2D eigenvalue weighted by Crippen LogP contribution is -2.25. The van der Waals surface area contributed by atoms with Gasteiger partial charge in [-0.2, -0.15) is 10.2 Å². The molecule has 0 saturated carbocycles. The van der Waals surface area contributed by atoms with Crippen LogP contribution >= 0.6 is 0 Å². The summed E-state index contributed by atoms with van der Waals surface area (Å²) in [6, 6.07) is 7.72. The number of amides is 1. The lowest BCUT2D eigenvalue weighted by atomic mass is 10.0. The molecular weight excluding hydrogens is 316 g/mol. The summed E-state index contributed by atoms with van der Waals surface area (Å²) >= 11 is 0. The molecule has 1 aliphatic heterocycles. The van der Waals surface area contributed by atoms with E-state index >= 15 is 0 Å². The molecule has 0 spiro atoms. The van der Waals surface area contributed by atoms with Gasteiger partial charge < -0.3 is 10.1 Å². The number of hydrogen-bond acceptors (Lipinski definition) is 5. The van der Waals surface area contributed by atoms with Crippen LogP contribution in [0.5, 0.6) is 5.75 Å². The van der Waals surface area contributed by atoms with Crippen LogP contribution in [0.2, 0.25) is 0 Å². The molecular formula is C19H20N4O2. The molecule has 3 rings (SSSR count). The number of hydrogen-bond donors (Lipinski definition) is 1. The molecule has 0 fully saturated rings. The van der Waals surface area contributed by atoms with Gasteiger partial charge in [0.25, 0.3) is 0 Å². The van der Waals surface area contributed by atoms with Crippen molar-refractivity contribution in [1.82, 2.24) is 10.3 Å². The number of pyridine rings is 1. The van der Waals surface area contributed by atoms with Crippen LogP contribution in [0.25, 0.3) is 10.9 Å². The van der Waals surface area contributed by atoms with Gasteiger partial charge in [0.2, 0.25) is 5.91 Å². The summed E-state index contributed by atoms with van der Waals surface area (Å²) in [4.78, 5) is 16.6. The maximum atomic E-state index is 12.2. The number of rotatable bonds is 8. The Morgan fingerprint density at radius 2 is 2.16 bits per heavy atom. The van der Waals surface area contributed by atoms with E-state index in [1.807, 2.05) is 24.3 Å². The molecule has 1 aromatic carbocycles. The summed E-state index contributed by atoms with van der Waals surface area (Å²) in [5, 5.41) is 12.0. The van der Waals surface area contributed by atoms with Crippen molar-refractivity contribution < 1.29 is 9.53 Å². The Balaban J connectivity index is 1.61. The quantitative estimate of drug-likeness (QED) is 0.752. The van der Waals surface area contributed by atoms with Gasteiger partial charge in [-0.05, 0) is 18.2 Å². The number of carbonyl (C=O) groups excluding carboxylic acids is 1. The number of nitrogens with zero attached hydrogens (tertiary/aromatic N) is 3. The number of benzene rings is 1. The first-order valence-corrected chi connectivity index (χ1v) is 8.22. The maximum absolute atomic E-state index is 12.2. The van der Waals surface area contributed by atoms with E-state index in [0.29, 0.717) is 38.0 Å². The van der Waals surface area contributed by atoms with Gasteiger partial charge in [0.15, 0.2) is 5.66 Å². The van der Waals surface area contributed by atoms with Gasteiger partial charge in [0, 0.05) is 49.4 Å². The minimum atomic E-state index is -0.428. The second-order valence-electron chi connectivity index (χ2n) is 5.98. The first-order chi connectivity index (χ1) is 12.2. The fourth-order valence-corrected chi connectivity index (χ4v) is 2.81. The van der Waals surface area contributed by atoms with Crippen LogP contribution in [-0.2, 0) is 11.3 Å². The monoisotopic (exact) mass is 336 g/mol. The highest BCUT2D eigenvalue weighted by Gasteiger charge is 2.39. The van der Waals surface area contributed by atoms with Gasteiger partial charge in [-0.1, -0.05) is 6.07 Å². The minimum absolute atomic E-state index is 0.0487. The number of carbonyl (C=O) groups is 1. The second-order valence-corrected chi connectivity index (χ2v) is 5.98. The topological polar surface area (TPSA) is 75.9 Å². The molecule has 0 atom stereocenters. The average molecular weight is 336 g/mol. The first-order valence-electron chi connectivity index (χ1n) is 8.22. The van der Waals surface area contributed by atoms with Gasteiger partial charge >= 0.3 is 0 Å². The van der Waals surface area contributed by atoms with Crippen molar-refractivity contribution in [2.75, 3.05) is 7.11 Å². The van der Waals surface area contributed by atoms with Crippen molar-refractivity contribution in [3.8, 4) is 18.1 Å². The van der Waals surface area contributed by atoms with Crippen LogP contribution in [0.3, 0.4) is 0 Å². The third-order valence-corrected chi connectivity index (χ3v) is 4.32. The predicted molar refractivity (Wildman–Crippen MR) is 95.0 cm³/mol. The zero-order valence-corrected chi connectivity index (χ0v) is 14.2. The molecule has 6 nitrogen and oxygen atoms in total. The summed E-state index contributed by atoms with van der Waals surface area (Å²) < 4.78 is 5.41. The van der Waals surface area contributed by atoms with Crippen LogP contribution in [0, 0.1) is 12.3 Å². The van der Waals surface area contributed by atoms with E-state index in [9.17, 15) is 4.79 Å². The van der Waals surface area contributed by atoms with Crippen LogP contribution in [0.4, 0.5) is 0 Å². The third-order valence-electron chi connectivity index (χ3n) is 4.32. The van der Waals surface area contributed by atoms with Crippen molar-refractivity contribution in [2.24, 2.45) is 10.2 Å². The Morgan fingerprint density at radius 1 is 1.32 bits per heavy atom. The Labute approximate surface area is 146 Å². The first kappa shape index (κ1) is 16.9. The Morgan fingerprint density at radius 3 is 2.88 bits per heavy atom. The van der Waals surface area contributed by atoms with Crippen molar-refractivity contribution in [3.05, 3.63) is 36.0 Å². The molecule has 1 N–H and O–H groups in total. The number of terminal acetylenes is 1. The Bertz CT molecular complexity index is 848. The number of ether oxygens (including phenoxy) is 1. The SMILES string of the molecule is C#CCCC1(CCC(=O)NCc2c(OC)ccc3cccnc23)N=N1. The fraction of sp³-hybridized carbons (Fsp3) is 0.368. The molecule has 1 amide bonds. The highest BCUT2D eigenvalue weighted by atomic mass is 16.5. The molecule has 128 valence electrons. The third kappa shape index (κ3) is 3.94. The van der Waals surface area contributed by atoms with E-state index in [4.69, 9.17) is 11.2 Å². The largest absolute Gasteiger partial charge is 0.496 e. The van der Waals surface area contributed by atoms with Crippen LogP contribution < -0.4 is 10.1 Å². The summed E-state index contributed by atoms with van der Waals surface area (Å²) in [5.74, 6) is 3.25. The van der Waals surface area contributed by atoms with Crippen molar-refractivity contribution in [3.63, 3.8) is 0 Å². The van der Waals surface area contributed by atoms with Crippen molar-refractivity contribution in [2.45, 2.75) is 37.9 Å². The Hall–Kier alpha value is -2.94. The molecule has 25 heavy (non-hydrogen) atoms. The lowest BCUT2D eigenvalue weighted by Gasteiger charge is -2.13.